The third-order valence-electron chi connectivity index (χ3n) is 5.72. The highest BCUT2D eigenvalue weighted by molar-refractivity contribution is 5.82. The first kappa shape index (κ1) is 14.9. The van der Waals surface area contributed by atoms with Crippen molar-refractivity contribution in [2.24, 2.45) is 17.8 Å². The minimum absolute atomic E-state index is 0.0442. The molecule has 3 atom stereocenters. The Kier molecular flexibility index (Phi) is 3.70. The van der Waals surface area contributed by atoms with E-state index in [0.29, 0.717) is 12.5 Å². The number of fused-ring (bicyclic) bond motifs is 1. The Morgan fingerprint density at radius 2 is 2.13 bits per heavy atom. The summed E-state index contributed by atoms with van der Waals surface area (Å²) in [4.78, 5) is 12.6. The van der Waals surface area contributed by atoms with E-state index in [9.17, 15) is 4.79 Å². The maximum absolute atomic E-state index is 12.6. The summed E-state index contributed by atoms with van der Waals surface area (Å²) >= 11 is 0. The van der Waals surface area contributed by atoms with Crippen molar-refractivity contribution in [3.63, 3.8) is 0 Å². The largest absolute Gasteiger partial charge is 0.493 e. The molecule has 23 heavy (non-hydrogen) atoms. The second-order valence-electron chi connectivity index (χ2n) is 7.28. The third-order valence-corrected chi connectivity index (χ3v) is 5.72. The number of carbonyl (C=O) groups excluding carboxylic acids is 1. The molecule has 2 aliphatic carbocycles. The number of aryl methyl sites for hydroxylation is 1. The van der Waals surface area contributed by atoms with Gasteiger partial charge in [0.05, 0.1) is 19.8 Å². The molecule has 4 nitrogen and oxygen atoms in total. The molecular formula is C19H25NO3. The van der Waals surface area contributed by atoms with Gasteiger partial charge in [-0.25, -0.2) is 0 Å². The minimum atomic E-state index is 0.0442. The molecule has 1 N–H and O–H groups in total. The highest BCUT2D eigenvalue weighted by Crippen LogP contribution is 2.52. The molecule has 124 valence electrons. The number of hydrogen-bond acceptors (Lipinski definition) is 3. The van der Waals surface area contributed by atoms with Crippen molar-refractivity contribution >= 4 is 5.91 Å². The first-order chi connectivity index (χ1) is 11.2. The van der Waals surface area contributed by atoms with Crippen LogP contribution in [0.1, 0.15) is 49.3 Å². The summed E-state index contributed by atoms with van der Waals surface area (Å²) in [5.74, 6) is 3.50. The monoisotopic (exact) mass is 315 g/mol. The first-order valence-electron chi connectivity index (χ1n) is 8.79. The maximum atomic E-state index is 12.6. The van der Waals surface area contributed by atoms with Gasteiger partial charge in [-0.05, 0) is 36.8 Å². The van der Waals surface area contributed by atoms with Crippen molar-refractivity contribution in [1.29, 1.82) is 0 Å². The molecule has 0 saturated heterocycles. The Morgan fingerprint density at radius 1 is 1.30 bits per heavy atom. The van der Waals surface area contributed by atoms with E-state index in [1.54, 1.807) is 7.11 Å². The molecule has 0 aromatic heterocycles. The lowest BCUT2D eigenvalue weighted by Gasteiger charge is -2.29. The topological polar surface area (TPSA) is 47.6 Å². The number of hydrogen-bond donors (Lipinski definition) is 1. The standard InChI is InChI=1S/C19H25NO3/c1-11-8-15-16(6-7-23-18(15)17(9-11)22-2)20-19(21)14-10-13(14)12-4-3-5-12/h8-9,12-14,16H,3-7,10H2,1-2H3,(H,20,21)/t13-,14-,16+/m1/s1. The second kappa shape index (κ2) is 5.73. The predicted molar refractivity (Wildman–Crippen MR) is 87.7 cm³/mol. The van der Waals surface area contributed by atoms with Gasteiger partial charge in [0.2, 0.25) is 5.91 Å². The van der Waals surface area contributed by atoms with Gasteiger partial charge in [0.1, 0.15) is 0 Å². The number of amides is 1. The summed E-state index contributed by atoms with van der Waals surface area (Å²) in [5.41, 5.74) is 2.19. The van der Waals surface area contributed by atoms with E-state index >= 15 is 0 Å². The number of ether oxygens (including phenoxy) is 2. The zero-order valence-corrected chi connectivity index (χ0v) is 13.9. The number of carbonyl (C=O) groups is 1. The van der Waals surface area contributed by atoms with Crippen LogP contribution in [0.4, 0.5) is 0 Å². The van der Waals surface area contributed by atoms with Gasteiger partial charge in [0, 0.05) is 17.9 Å². The zero-order chi connectivity index (χ0) is 16.0. The predicted octanol–water partition coefficient (Wildman–Crippen LogP) is 3.38. The molecule has 1 amide bonds. The van der Waals surface area contributed by atoms with Crippen LogP contribution in [0.3, 0.4) is 0 Å². The molecular weight excluding hydrogens is 290 g/mol. The molecule has 1 aromatic carbocycles. The Balaban J connectivity index is 1.48. The molecule has 4 heteroatoms. The lowest BCUT2D eigenvalue weighted by molar-refractivity contribution is -0.123. The summed E-state index contributed by atoms with van der Waals surface area (Å²) in [5, 5.41) is 3.27. The van der Waals surface area contributed by atoms with Gasteiger partial charge in [-0.1, -0.05) is 25.3 Å². The molecule has 3 aliphatic rings. The van der Waals surface area contributed by atoms with E-state index < -0.39 is 0 Å². The van der Waals surface area contributed by atoms with Crippen LogP contribution in [-0.4, -0.2) is 19.6 Å². The van der Waals surface area contributed by atoms with Crippen LogP contribution < -0.4 is 14.8 Å². The van der Waals surface area contributed by atoms with Gasteiger partial charge < -0.3 is 14.8 Å². The average Bonchev–Trinajstić information content (AvgIpc) is 3.25. The highest BCUT2D eigenvalue weighted by atomic mass is 16.5. The molecule has 4 rings (SSSR count). The quantitative estimate of drug-likeness (QED) is 0.926. The fourth-order valence-electron chi connectivity index (χ4n) is 4.10. The number of nitrogens with one attached hydrogen (secondary N) is 1. The van der Waals surface area contributed by atoms with E-state index in [2.05, 4.69) is 11.4 Å². The summed E-state index contributed by atoms with van der Waals surface area (Å²) in [7, 11) is 1.66. The first-order valence-corrected chi connectivity index (χ1v) is 8.79. The number of methoxy groups -OCH3 is 1. The van der Waals surface area contributed by atoms with Crippen LogP contribution in [0.25, 0.3) is 0 Å². The summed E-state index contributed by atoms with van der Waals surface area (Å²) < 4.78 is 11.2. The van der Waals surface area contributed by atoms with E-state index in [1.807, 2.05) is 13.0 Å². The van der Waals surface area contributed by atoms with E-state index in [0.717, 1.165) is 41.4 Å². The van der Waals surface area contributed by atoms with Gasteiger partial charge in [-0.3, -0.25) is 4.79 Å². The van der Waals surface area contributed by atoms with Crippen molar-refractivity contribution in [3.8, 4) is 11.5 Å². The molecule has 0 bridgehead atoms. The minimum Gasteiger partial charge on any atom is -0.493 e. The van der Waals surface area contributed by atoms with Gasteiger partial charge in [-0.15, -0.1) is 0 Å². The summed E-state index contributed by atoms with van der Waals surface area (Å²) in [6, 6.07) is 4.14. The summed E-state index contributed by atoms with van der Waals surface area (Å²) in [6.45, 7) is 2.66. The fraction of sp³-hybridized carbons (Fsp3) is 0.632. The zero-order valence-electron chi connectivity index (χ0n) is 13.9. The lowest BCUT2D eigenvalue weighted by Crippen LogP contribution is -2.34. The van der Waals surface area contributed by atoms with Crippen molar-refractivity contribution in [3.05, 3.63) is 23.3 Å². The number of benzene rings is 1. The van der Waals surface area contributed by atoms with E-state index in [1.165, 1.54) is 19.3 Å². The smallest absolute Gasteiger partial charge is 0.223 e. The molecule has 0 radical (unpaired) electrons. The van der Waals surface area contributed by atoms with Crippen molar-refractivity contribution in [2.75, 3.05) is 13.7 Å². The third kappa shape index (κ3) is 2.68. The van der Waals surface area contributed by atoms with Gasteiger partial charge >= 0.3 is 0 Å². The van der Waals surface area contributed by atoms with Crippen LogP contribution in [-0.2, 0) is 4.79 Å². The van der Waals surface area contributed by atoms with Gasteiger partial charge in [0.15, 0.2) is 11.5 Å². The van der Waals surface area contributed by atoms with Crippen molar-refractivity contribution < 1.29 is 14.3 Å². The normalized spacial score (nSPS) is 29.0. The van der Waals surface area contributed by atoms with Gasteiger partial charge in [0.25, 0.3) is 0 Å². The molecule has 1 aromatic rings. The van der Waals surface area contributed by atoms with Crippen LogP contribution in [0.15, 0.2) is 12.1 Å². The molecule has 0 spiro atoms. The fourth-order valence-corrected chi connectivity index (χ4v) is 4.10. The molecule has 0 unspecified atom stereocenters. The molecule has 2 fully saturated rings. The molecule has 1 heterocycles. The highest BCUT2D eigenvalue weighted by Gasteiger charge is 2.49. The van der Waals surface area contributed by atoms with Crippen LogP contribution in [0, 0.1) is 24.7 Å². The van der Waals surface area contributed by atoms with Crippen molar-refractivity contribution in [2.45, 2.75) is 45.1 Å². The molecule has 2 saturated carbocycles. The van der Waals surface area contributed by atoms with Crippen LogP contribution in [0.2, 0.25) is 0 Å². The van der Waals surface area contributed by atoms with E-state index in [4.69, 9.17) is 9.47 Å². The van der Waals surface area contributed by atoms with Gasteiger partial charge in [-0.2, -0.15) is 0 Å². The van der Waals surface area contributed by atoms with Crippen LogP contribution in [0.5, 0.6) is 11.5 Å². The van der Waals surface area contributed by atoms with E-state index in [-0.39, 0.29) is 17.9 Å². The SMILES string of the molecule is COc1cc(C)cc2c1OCC[C@@H]2NC(=O)[C@@H]1C[C@@H]1C1CCC1. The van der Waals surface area contributed by atoms with Crippen LogP contribution >= 0.6 is 0 Å². The maximum Gasteiger partial charge on any atom is 0.223 e. The average molecular weight is 315 g/mol. The summed E-state index contributed by atoms with van der Waals surface area (Å²) in [6.07, 6.45) is 5.91. The number of rotatable bonds is 4. The Hall–Kier alpha value is -1.71. The Morgan fingerprint density at radius 3 is 2.83 bits per heavy atom. The Labute approximate surface area is 137 Å². The molecule has 1 aliphatic heterocycles. The second-order valence-corrected chi connectivity index (χ2v) is 7.28. The van der Waals surface area contributed by atoms with Crippen molar-refractivity contribution in [1.82, 2.24) is 5.32 Å². The Bertz CT molecular complexity index is 623. The lowest BCUT2D eigenvalue weighted by atomic mass is 9.81.